The quantitative estimate of drug-likeness (QED) is 0.855. The van der Waals surface area contributed by atoms with E-state index < -0.39 is 0 Å². The minimum absolute atomic E-state index is 0.484. The van der Waals surface area contributed by atoms with Crippen LogP contribution in [-0.4, -0.2) is 39.1 Å². The molecule has 0 spiro atoms. The number of hydrogen-bond donors (Lipinski definition) is 0. The summed E-state index contributed by atoms with van der Waals surface area (Å²) in [6.07, 6.45) is 4.41. The molecule has 0 amide bonds. The van der Waals surface area contributed by atoms with Crippen molar-refractivity contribution >= 4 is 21.6 Å². The maximum absolute atomic E-state index is 4.66. The lowest BCUT2D eigenvalue weighted by Gasteiger charge is -2.30. The van der Waals surface area contributed by atoms with Crippen molar-refractivity contribution in [2.24, 2.45) is 0 Å². The largest absolute Gasteiger partial charge is 0.303 e. The van der Waals surface area contributed by atoms with Gasteiger partial charge in [0.25, 0.3) is 0 Å². The number of pyridine rings is 1. The van der Waals surface area contributed by atoms with Gasteiger partial charge in [-0.05, 0) is 38.1 Å². The van der Waals surface area contributed by atoms with Gasteiger partial charge in [0.1, 0.15) is 0 Å². The molecule has 0 saturated carbocycles. The normalized spacial score (nSPS) is 21.6. The summed E-state index contributed by atoms with van der Waals surface area (Å²) in [6.45, 7) is 5.65. The van der Waals surface area contributed by atoms with Gasteiger partial charge in [-0.15, -0.1) is 0 Å². The molecule has 3 heterocycles. The van der Waals surface area contributed by atoms with E-state index >= 15 is 0 Å². The summed E-state index contributed by atoms with van der Waals surface area (Å²) in [7, 11) is 0. The molecule has 1 unspecified atom stereocenters. The van der Waals surface area contributed by atoms with Crippen LogP contribution in [0.3, 0.4) is 0 Å². The first kappa shape index (κ1) is 12.1. The van der Waals surface area contributed by atoms with Crippen LogP contribution in [0.4, 0.5) is 0 Å². The van der Waals surface area contributed by atoms with Crippen molar-refractivity contribution in [3.63, 3.8) is 0 Å². The van der Waals surface area contributed by atoms with Gasteiger partial charge in [0.15, 0.2) is 11.5 Å². The average molecular weight is 309 g/mol. The summed E-state index contributed by atoms with van der Waals surface area (Å²) in [4.78, 5) is 7.14. The number of likely N-dealkylation sites (tertiary alicyclic amines) is 1. The third kappa shape index (κ3) is 2.29. The zero-order valence-corrected chi connectivity index (χ0v) is 12.1. The molecule has 2 aromatic rings. The van der Waals surface area contributed by atoms with E-state index in [9.17, 15) is 0 Å². The minimum Gasteiger partial charge on any atom is -0.303 e. The predicted octanol–water partition coefficient (Wildman–Crippen LogP) is 2.69. The SMILES string of the molecule is CCN1CCCC(c2nc3cc(Br)ccn3n2)C1. The van der Waals surface area contributed by atoms with Crippen molar-refractivity contribution in [1.82, 2.24) is 19.5 Å². The number of piperidine rings is 1. The highest BCUT2D eigenvalue weighted by atomic mass is 79.9. The van der Waals surface area contributed by atoms with E-state index in [2.05, 4.69) is 37.8 Å². The molecular formula is C13H17BrN4. The molecule has 1 atom stereocenters. The van der Waals surface area contributed by atoms with Crippen LogP contribution in [0, 0.1) is 0 Å². The summed E-state index contributed by atoms with van der Waals surface area (Å²) < 4.78 is 2.91. The van der Waals surface area contributed by atoms with Gasteiger partial charge in [0.2, 0.25) is 0 Å². The Morgan fingerprint density at radius 1 is 1.50 bits per heavy atom. The third-order valence-electron chi connectivity index (χ3n) is 3.63. The van der Waals surface area contributed by atoms with Crippen molar-refractivity contribution in [2.75, 3.05) is 19.6 Å². The molecule has 96 valence electrons. The zero-order chi connectivity index (χ0) is 12.5. The second kappa shape index (κ2) is 4.97. The number of hydrogen-bond acceptors (Lipinski definition) is 3. The molecule has 3 rings (SSSR count). The minimum atomic E-state index is 0.484. The van der Waals surface area contributed by atoms with Crippen LogP contribution >= 0.6 is 15.9 Å². The Hall–Kier alpha value is -0.940. The van der Waals surface area contributed by atoms with Crippen molar-refractivity contribution in [2.45, 2.75) is 25.7 Å². The van der Waals surface area contributed by atoms with Crippen LogP contribution in [0.25, 0.3) is 5.65 Å². The number of halogens is 1. The van der Waals surface area contributed by atoms with Crippen molar-refractivity contribution in [3.8, 4) is 0 Å². The van der Waals surface area contributed by atoms with Crippen LogP contribution in [0.5, 0.6) is 0 Å². The fraction of sp³-hybridized carbons (Fsp3) is 0.538. The first-order chi connectivity index (χ1) is 8.76. The Labute approximate surface area is 115 Å². The molecule has 0 aromatic carbocycles. The second-order valence-electron chi connectivity index (χ2n) is 4.85. The molecule has 0 radical (unpaired) electrons. The van der Waals surface area contributed by atoms with E-state index in [1.807, 2.05) is 22.8 Å². The fourth-order valence-electron chi connectivity index (χ4n) is 2.60. The number of rotatable bonds is 2. The van der Waals surface area contributed by atoms with Gasteiger partial charge in [0, 0.05) is 23.1 Å². The van der Waals surface area contributed by atoms with E-state index in [4.69, 9.17) is 0 Å². The molecule has 0 aliphatic carbocycles. The third-order valence-corrected chi connectivity index (χ3v) is 4.13. The van der Waals surface area contributed by atoms with Gasteiger partial charge in [-0.25, -0.2) is 9.50 Å². The molecular weight excluding hydrogens is 292 g/mol. The first-order valence-electron chi connectivity index (χ1n) is 6.50. The van der Waals surface area contributed by atoms with Gasteiger partial charge < -0.3 is 4.90 Å². The zero-order valence-electron chi connectivity index (χ0n) is 10.5. The number of nitrogens with zero attached hydrogens (tertiary/aromatic N) is 4. The second-order valence-corrected chi connectivity index (χ2v) is 5.77. The van der Waals surface area contributed by atoms with E-state index in [0.717, 1.165) is 29.0 Å². The average Bonchev–Trinajstić information content (AvgIpc) is 2.81. The summed E-state index contributed by atoms with van der Waals surface area (Å²) in [5, 5.41) is 4.60. The highest BCUT2D eigenvalue weighted by Gasteiger charge is 2.23. The van der Waals surface area contributed by atoms with Crippen LogP contribution in [0.2, 0.25) is 0 Å². The van der Waals surface area contributed by atoms with Gasteiger partial charge in [-0.3, -0.25) is 0 Å². The Kier molecular flexibility index (Phi) is 3.35. The molecule has 0 N–H and O–H groups in total. The van der Waals surface area contributed by atoms with E-state index in [1.54, 1.807) is 0 Å². The maximum atomic E-state index is 4.66. The smallest absolute Gasteiger partial charge is 0.156 e. The topological polar surface area (TPSA) is 33.4 Å². The highest BCUT2D eigenvalue weighted by Crippen LogP contribution is 2.25. The number of likely N-dealkylation sites (N-methyl/N-ethyl adjacent to an activating group) is 1. The van der Waals surface area contributed by atoms with Crippen LogP contribution in [0.15, 0.2) is 22.8 Å². The van der Waals surface area contributed by atoms with E-state index in [1.165, 1.54) is 19.4 Å². The molecule has 1 fully saturated rings. The molecule has 1 aliphatic heterocycles. The monoisotopic (exact) mass is 308 g/mol. The fourth-order valence-corrected chi connectivity index (χ4v) is 2.92. The molecule has 0 bridgehead atoms. The molecule has 2 aromatic heterocycles. The standard InChI is InChI=1S/C13H17BrN4/c1-2-17-6-3-4-10(9-17)13-15-12-8-11(14)5-7-18(12)16-13/h5,7-8,10H,2-4,6,9H2,1H3. The summed E-state index contributed by atoms with van der Waals surface area (Å²) in [6, 6.07) is 4.00. The van der Waals surface area contributed by atoms with Crippen molar-refractivity contribution in [3.05, 3.63) is 28.6 Å². The Balaban J connectivity index is 1.89. The Bertz CT molecular complexity index is 551. The van der Waals surface area contributed by atoms with Gasteiger partial charge >= 0.3 is 0 Å². The van der Waals surface area contributed by atoms with E-state index in [-0.39, 0.29) is 0 Å². The molecule has 1 aliphatic rings. The van der Waals surface area contributed by atoms with Crippen LogP contribution < -0.4 is 0 Å². The Morgan fingerprint density at radius 2 is 2.39 bits per heavy atom. The predicted molar refractivity (Wildman–Crippen MR) is 74.8 cm³/mol. The molecule has 5 heteroatoms. The lowest BCUT2D eigenvalue weighted by atomic mass is 9.97. The summed E-state index contributed by atoms with van der Waals surface area (Å²) in [5.41, 5.74) is 0.924. The number of aromatic nitrogens is 3. The van der Waals surface area contributed by atoms with Gasteiger partial charge in [-0.2, -0.15) is 5.10 Å². The highest BCUT2D eigenvalue weighted by molar-refractivity contribution is 9.10. The van der Waals surface area contributed by atoms with Crippen molar-refractivity contribution < 1.29 is 0 Å². The summed E-state index contributed by atoms with van der Waals surface area (Å²) >= 11 is 3.47. The summed E-state index contributed by atoms with van der Waals surface area (Å²) in [5.74, 6) is 1.48. The van der Waals surface area contributed by atoms with Crippen LogP contribution in [0.1, 0.15) is 31.5 Å². The Morgan fingerprint density at radius 3 is 3.22 bits per heavy atom. The van der Waals surface area contributed by atoms with Crippen molar-refractivity contribution in [1.29, 1.82) is 0 Å². The lowest BCUT2D eigenvalue weighted by Crippen LogP contribution is -2.34. The van der Waals surface area contributed by atoms with Crippen LogP contribution in [-0.2, 0) is 0 Å². The van der Waals surface area contributed by atoms with Gasteiger partial charge in [0.05, 0.1) is 0 Å². The number of fused-ring (bicyclic) bond motifs is 1. The van der Waals surface area contributed by atoms with E-state index in [0.29, 0.717) is 5.92 Å². The molecule has 1 saturated heterocycles. The maximum Gasteiger partial charge on any atom is 0.156 e. The van der Waals surface area contributed by atoms with Gasteiger partial charge in [-0.1, -0.05) is 22.9 Å². The molecule has 4 nitrogen and oxygen atoms in total. The first-order valence-corrected chi connectivity index (χ1v) is 7.29. The molecule has 18 heavy (non-hydrogen) atoms. The lowest BCUT2D eigenvalue weighted by molar-refractivity contribution is 0.214.